The molecule has 0 spiro atoms. The topological polar surface area (TPSA) is 52.0 Å². The van der Waals surface area contributed by atoms with Gasteiger partial charge in [-0.1, -0.05) is 18.2 Å². The van der Waals surface area contributed by atoms with E-state index in [9.17, 15) is 4.39 Å². The predicted octanol–water partition coefficient (Wildman–Crippen LogP) is -1.63. The standard InChI is InChI=1S/C14H17FN4S2/c15-12-10(8-20-13-16-4-5-17-13)2-1-3-11(12)9-21-14-18-6-7-19-14/h1-3H,4-9H2,(H,16,17)(H,18,19)/p+2. The van der Waals surface area contributed by atoms with Crippen molar-refractivity contribution in [2.75, 3.05) is 26.2 Å². The number of halogens is 1. The Bertz CT molecular complexity index is 528. The van der Waals surface area contributed by atoms with Crippen molar-refractivity contribution >= 4 is 33.9 Å². The fourth-order valence-electron chi connectivity index (χ4n) is 2.19. The third kappa shape index (κ3) is 3.91. The maximum Gasteiger partial charge on any atom is 0.304 e. The van der Waals surface area contributed by atoms with E-state index in [-0.39, 0.29) is 5.82 Å². The Labute approximate surface area is 132 Å². The van der Waals surface area contributed by atoms with Gasteiger partial charge in [-0.15, -0.1) is 0 Å². The van der Waals surface area contributed by atoms with Crippen molar-refractivity contribution in [2.24, 2.45) is 0 Å². The van der Waals surface area contributed by atoms with Gasteiger partial charge in [-0.25, -0.2) is 4.39 Å². The minimum absolute atomic E-state index is 0.0744. The zero-order valence-corrected chi connectivity index (χ0v) is 13.3. The molecule has 0 atom stereocenters. The summed E-state index contributed by atoms with van der Waals surface area (Å²) in [7, 11) is 0. The molecule has 0 amide bonds. The Kier molecular flexibility index (Phi) is 5.03. The highest BCUT2D eigenvalue weighted by molar-refractivity contribution is 8.13. The largest absolute Gasteiger partial charge is 0.304 e. The Morgan fingerprint density at radius 1 is 0.952 bits per heavy atom. The van der Waals surface area contributed by atoms with E-state index in [4.69, 9.17) is 0 Å². The SMILES string of the molecule is Fc1c(CSC2=[NH+]CCN2)cccc1CSC1=[NH+]CCN1. The smallest absolute Gasteiger partial charge is 0.265 e. The molecule has 2 aliphatic heterocycles. The van der Waals surface area contributed by atoms with E-state index in [1.807, 2.05) is 18.2 Å². The molecule has 0 fully saturated rings. The van der Waals surface area contributed by atoms with Gasteiger partial charge in [0.1, 0.15) is 32.0 Å². The van der Waals surface area contributed by atoms with Crippen LogP contribution in [-0.4, -0.2) is 36.5 Å². The van der Waals surface area contributed by atoms with E-state index >= 15 is 0 Å². The van der Waals surface area contributed by atoms with E-state index < -0.39 is 0 Å². The van der Waals surface area contributed by atoms with Crippen LogP contribution < -0.4 is 20.6 Å². The van der Waals surface area contributed by atoms with Crippen LogP contribution in [0, 0.1) is 5.82 Å². The quantitative estimate of drug-likeness (QED) is 0.537. The van der Waals surface area contributed by atoms with Gasteiger partial charge < -0.3 is 0 Å². The second kappa shape index (κ2) is 7.17. The molecule has 112 valence electrons. The number of amidine groups is 2. The number of rotatable bonds is 4. The fourth-order valence-corrected chi connectivity index (χ4v) is 4.05. The third-order valence-corrected chi connectivity index (χ3v) is 5.36. The van der Waals surface area contributed by atoms with Crippen molar-refractivity contribution in [1.82, 2.24) is 10.6 Å². The first kappa shape index (κ1) is 14.7. The van der Waals surface area contributed by atoms with Gasteiger partial charge in [-0.3, -0.25) is 20.6 Å². The van der Waals surface area contributed by atoms with E-state index in [0.717, 1.165) is 47.6 Å². The van der Waals surface area contributed by atoms with Gasteiger partial charge >= 0.3 is 10.3 Å². The van der Waals surface area contributed by atoms with Gasteiger partial charge in [0.05, 0.1) is 0 Å². The highest BCUT2D eigenvalue weighted by Gasteiger charge is 2.17. The number of benzene rings is 1. The lowest BCUT2D eigenvalue weighted by Crippen LogP contribution is -2.69. The lowest BCUT2D eigenvalue weighted by molar-refractivity contribution is -0.441. The van der Waals surface area contributed by atoms with Crippen LogP contribution in [-0.2, 0) is 11.5 Å². The Morgan fingerprint density at radius 2 is 1.48 bits per heavy atom. The lowest BCUT2D eigenvalue weighted by Gasteiger charge is -2.06. The van der Waals surface area contributed by atoms with Crippen molar-refractivity contribution < 1.29 is 14.4 Å². The highest BCUT2D eigenvalue weighted by atomic mass is 32.2. The average molecular weight is 326 g/mol. The fraction of sp³-hybridized carbons (Fsp3) is 0.429. The number of nitrogens with one attached hydrogen (secondary N) is 4. The summed E-state index contributed by atoms with van der Waals surface area (Å²) < 4.78 is 14.5. The summed E-state index contributed by atoms with van der Waals surface area (Å²) in [5, 5.41) is 8.58. The monoisotopic (exact) mass is 326 g/mol. The molecule has 3 rings (SSSR count). The average Bonchev–Trinajstić information content (AvgIpc) is 3.18. The molecule has 7 heteroatoms. The van der Waals surface area contributed by atoms with Crippen LogP contribution in [0.3, 0.4) is 0 Å². The third-order valence-electron chi connectivity index (χ3n) is 3.29. The molecule has 2 heterocycles. The number of hydrogen-bond acceptors (Lipinski definition) is 4. The van der Waals surface area contributed by atoms with E-state index in [1.54, 1.807) is 23.5 Å². The van der Waals surface area contributed by atoms with Crippen LogP contribution in [0.15, 0.2) is 18.2 Å². The molecule has 0 saturated heterocycles. The number of thioether (sulfide) groups is 2. The predicted molar refractivity (Wildman–Crippen MR) is 86.7 cm³/mol. The molecule has 0 aromatic heterocycles. The van der Waals surface area contributed by atoms with E-state index in [1.165, 1.54) is 0 Å². The molecule has 4 N–H and O–H groups in total. The summed E-state index contributed by atoms with van der Waals surface area (Å²) in [6, 6.07) is 5.67. The molecule has 2 aliphatic rings. The van der Waals surface area contributed by atoms with Crippen molar-refractivity contribution in [2.45, 2.75) is 11.5 Å². The molecule has 21 heavy (non-hydrogen) atoms. The lowest BCUT2D eigenvalue weighted by atomic mass is 10.1. The molecular formula is C14H19FN4S2+2. The zero-order valence-electron chi connectivity index (χ0n) is 11.7. The van der Waals surface area contributed by atoms with Crippen LogP contribution >= 0.6 is 23.5 Å². The minimum atomic E-state index is -0.0744. The van der Waals surface area contributed by atoms with Crippen molar-refractivity contribution in [3.63, 3.8) is 0 Å². The van der Waals surface area contributed by atoms with Crippen LogP contribution in [0.5, 0.6) is 0 Å². The molecule has 0 unspecified atom stereocenters. The molecular weight excluding hydrogens is 307 g/mol. The molecule has 0 saturated carbocycles. The zero-order chi connectivity index (χ0) is 14.5. The summed E-state index contributed by atoms with van der Waals surface area (Å²) in [5.74, 6) is 1.22. The second-order valence-corrected chi connectivity index (χ2v) is 6.80. The van der Waals surface area contributed by atoms with Gasteiger partial charge in [-0.2, -0.15) is 0 Å². The first-order valence-electron chi connectivity index (χ1n) is 7.04. The van der Waals surface area contributed by atoms with E-state index in [0.29, 0.717) is 11.5 Å². The molecule has 0 bridgehead atoms. The minimum Gasteiger partial charge on any atom is -0.265 e. The van der Waals surface area contributed by atoms with Crippen molar-refractivity contribution in [1.29, 1.82) is 0 Å². The van der Waals surface area contributed by atoms with Gasteiger partial charge in [0.2, 0.25) is 0 Å². The van der Waals surface area contributed by atoms with Crippen LogP contribution in [0.2, 0.25) is 0 Å². The summed E-state index contributed by atoms with van der Waals surface area (Å²) in [5.41, 5.74) is 1.52. The molecule has 4 nitrogen and oxygen atoms in total. The summed E-state index contributed by atoms with van der Waals surface area (Å²) in [6.07, 6.45) is 0. The molecule has 1 aromatic rings. The second-order valence-electron chi connectivity index (χ2n) is 4.83. The first-order chi connectivity index (χ1) is 10.3. The van der Waals surface area contributed by atoms with E-state index in [2.05, 4.69) is 20.6 Å². The van der Waals surface area contributed by atoms with Crippen LogP contribution in [0.25, 0.3) is 0 Å². The summed E-state index contributed by atoms with van der Waals surface area (Å²) >= 11 is 3.24. The molecule has 1 aromatic carbocycles. The highest BCUT2D eigenvalue weighted by Crippen LogP contribution is 2.22. The first-order valence-corrected chi connectivity index (χ1v) is 9.01. The number of hydrogen-bond donors (Lipinski definition) is 4. The maximum atomic E-state index is 14.5. The van der Waals surface area contributed by atoms with Gasteiger partial charge in [0, 0.05) is 11.5 Å². The maximum absolute atomic E-state index is 14.5. The Balaban J connectivity index is 1.60. The van der Waals surface area contributed by atoms with Crippen LogP contribution in [0.4, 0.5) is 4.39 Å². The molecule has 0 aliphatic carbocycles. The Hall–Kier alpha value is -1.21. The van der Waals surface area contributed by atoms with Gasteiger partial charge in [0.15, 0.2) is 0 Å². The molecule has 0 radical (unpaired) electrons. The van der Waals surface area contributed by atoms with Crippen LogP contribution in [0.1, 0.15) is 11.1 Å². The van der Waals surface area contributed by atoms with Gasteiger partial charge in [-0.05, 0) is 34.7 Å². The van der Waals surface area contributed by atoms with Crippen molar-refractivity contribution in [3.05, 3.63) is 35.1 Å². The summed E-state index contributed by atoms with van der Waals surface area (Å²) in [4.78, 5) is 6.49. The van der Waals surface area contributed by atoms with Gasteiger partial charge in [0.25, 0.3) is 0 Å². The summed E-state index contributed by atoms with van der Waals surface area (Å²) in [6.45, 7) is 3.78. The normalized spacial score (nSPS) is 17.2. The Morgan fingerprint density at radius 3 is 1.90 bits per heavy atom. The van der Waals surface area contributed by atoms with Crippen molar-refractivity contribution in [3.8, 4) is 0 Å².